The van der Waals surface area contributed by atoms with E-state index in [1.165, 1.54) is 16.7 Å². The van der Waals surface area contributed by atoms with Crippen LogP contribution in [0.1, 0.15) is 36.6 Å². The average Bonchev–Trinajstić information content (AvgIpc) is 2.18. The minimum atomic E-state index is -0.293. The third-order valence-corrected chi connectivity index (χ3v) is 2.75. The van der Waals surface area contributed by atoms with Gasteiger partial charge in [0.2, 0.25) is 0 Å². The van der Waals surface area contributed by atoms with E-state index in [0.29, 0.717) is 12.6 Å². The van der Waals surface area contributed by atoms with Gasteiger partial charge in [-0.15, -0.1) is 0 Å². The van der Waals surface area contributed by atoms with Crippen LogP contribution in [0.5, 0.6) is 0 Å². The van der Waals surface area contributed by atoms with Crippen LogP contribution >= 0.6 is 0 Å². The van der Waals surface area contributed by atoms with Gasteiger partial charge in [-0.05, 0) is 44.4 Å². The summed E-state index contributed by atoms with van der Waals surface area (Å²) in [5.41, 5.74) is 3.92. The maximum atomic E-state index is 9.18. The molecule has 0 aliphatic rings. The Hall–Kier alpha value is -0.860. The molecule has 0 aliphatic heterocycles. The van der Waals surface area contributed by atoms with Crippen LogP contribution in [-0.2, 0) is 0 Å². The van der Waals surface area contributed by atoms with E-state index in [2.05, 4.69) is 44.3 Å². The Morgan fingerprint density at radius 2 is 1.87 bits per heavy atom. The first-order valence-electron chi connectivity index (χ1n) is 5.49. The highest BCUT2D eigenvalue weighted by Gasteiger charge is 2.06. The van der Waals surface area contributed by atoms with Crippen LogP contribution in [-0.4, -0.2) is 17.8 Å². The predicted octanol–water partition coefficient (Wildman–Crippen LogP) is 2.33. The second-order valence-electron chi connectivity index (χ2n) is 4.32. The quantitative estimate of drug-likeness (QED) is 0.794. The Morgan fingerprint density at radius 3 is 2.40 bits per heavy atom. The van der Waals surface area contributed by atoms with Crippen molar-refractivity contribution in [1.82, 2.24) is 5.32 Å². The normalized spacial score (nSPS) is 15.0. The van der Waals surface area contributed by atoms with E-state index in [9.17, 15) is 5.11 Å². The zero-order chi connectivity index (χ0) is 11.4. The van der Waals surface area contributed by atoms with Gasteiger partial charge < -0.3 is 10.4 Å². The number of aryl methyl sites for hydroxylation is 2. The molecule has 0 saturated heterocycles. The number of rotatable bonds is 4. The fourth-order valence-corrected chi connectivity index (χ4v) is 1.50. The summed E-state index contributed by atoms with van der Waals surface area (Å²) in [5, 5.41) is 12.5. The predicted molar refractivity (Wildman–Crippen MR) is 64.0 cm³/mol. The number of aliphatic hydroxyl groups excluding tert-OH is 1. The maximum absolute atomic E-state index is 9.18. The van der Waals surface area contributed by atoms with Crippen LogP contribution in [0.15, 0.2) is 18.2 Å². The lowest BCUT2D eigenvalue weighted by Gasteiger charge is -2.16. The zero-order valence-corrected chi connectivity index (χ0v) is 10.0. The molecule has 0 aromatic heterocycles. The van der Waals surface area contributed by atoms with E-state index < -0.39 is 0 Å². The van der Waals surface area contributed by atoms with Crippen molar-refractivity contribution in [2.45, 2.75) is 39.8 Å². The molecular formula is C13H21NO. The van der Waals surface area contributed by atoms with Crippen molar-refractivity contribution in [2.24, 2.45) is 0 Å². The lowest BCUT2D eigenvalue weighted by atomic mass is 10.0. The molecule has 2 N–H and O–H groups in total. The minimum Gasteiger partial charge on any atom is -0.392 e. The van der Waals surface area contributed by atoms with E-state index in [0.717, 1.165) is 0 Å². The van der Waals surface area contributed by atoms with Crippen molar-refractivity contribution in [1.29, 1.82) is 0 Å². The number of hydrogen-bond donors (Lipinski definition) is 2. The Balaban J connectivity index is 2.65. The number of nitrogens with one attached hydrogen (secondary N) is 1. The van der Waals surface area contributed by atoms with E-state index in [4.69, 9.17) is 0 Å². The van der Waals surface area contributed by atoms with Crippen LogP contribution in [0.3, 0.4) is 0 Å². The van der Waals surface area contributed by atoms with Crippen LogP contribution < -0.4 is 5.32 Å². The second kappa shape index (κ2) is 5.29. The Morgan fingerprint density at radius 1 is 1.20 bits per heavy atom. The standard InChI is InChI=1S/C13H21NO/c1-9-5-6-13(7-10(9)2)12(4)14-8-11(3)15/h5-7,11-12,14-15H,8H2,1-4H3/t11-,12-/m1/s1. The van der Waals surface area contributed by atoms with Gasteiger partial charge in [0.1, 0.15) is 0 Å². The summed E-state index contributed by atoms with van der Waals surface area (Å²) in [5.74, 6) is 0. The van der Waals surface area contributed by atoms with E-state index in [1.807, 2.05) is 0 Å². The van der Waals surface area contributed by atoms with Gasteiger partial charge in [-0.3, -0.25) is 0 Å². The molecule has 0 amide bonds. The summed E-state index contributed by atoms with van der Waals surface area (Å²) in [7, 11) is 0. The monoisotopic (exact) mass is 207 g/mol. The topological polar surface area (TPSA) is 32.3 Å². The van der Waals surface area contributed by atoms with E-state index >= 15 is 0 Å². The summed E-state index contributed by atoms with van der Waals surface area (Å²) in [6.07, 6.45) is -0.293. The summed E-state index contributed by atoms with van der Waals surface area (Å²) in [4.78, 5) is 0. The van der Waals surface area contributed by atoms with Crippen molar-refractivity contribution < 1.29 is 5.11 Å². The molecule has 0 bridgehead atoms. The van der Waals surface area contributed by atoms with Gasteiger partial charge in [-0.2, -0.15) is 0 Å². The lowest BCUT2D eigenvalue weighted by molar-refractivity contribution is 0.187. The Bertz CT molecular complexity index is 320. The third kappa shape index (κ3) is 3.65. The number of aliphatic hydroxyl groups is 1. The zero-order valence-electron chi connectivity index (χ0n) is 10.0. The summed E-state index contributed by atoms with van der Waals surface area (Å²) < 4.78 is 0. The van der Waals surface area contributed by atoms with Gasteiger partial charge in [0.05, 0.1) is 6.10 Å². The van der Waals surface area contributed by atoms with Gasteiger partial charge in [-0.1, -0.05) is 18.2 Å². The summed E-state index contributed by atoms with van der Waals surface area (Å²) >= 11 is 0. The lowest BCUT2D eigenvalue weighted by Crippen LogP contribution is -2.27. The van der Waals surface area contributed by atoms with Crippen molar-refractivity contribution in [3.63, 3.8) is 0 Å². The molecule has 0 unspecified atom stereocenters. The molecule has 2 atom stereocenters. The molecule has 0 heterocycles. The molecule has 2 nitrogen and oxygen atoms in total. The highest BCUT2D eigenvalue weighted by molar-refractivity contribution is 5.31. The van der Waals surface area contributed by atoms with Crippen LogP contribution in [0.4, 0.5) is 0 Å². The number of hydrogen-bond acceptors (Lipinski definition) is 2. The van der Waals surface area contributed by atoms with Gasteiger partial charge in [-0.25, -0.2) is 0 Å². The second-order valence-corrected chi connectivity index (χ2v) is 4.32. The van der Waals surface area contributed by atoms with Crippen LogP contribution in [0.2, 0.25) is 0 Å². The summed E-state index contributed by atoms with van der Waals surface area (Å²) in [6.45, 7) is 8.79. The number of benzene rings is 1. The fourth-order valence-electron chi connectivity index (χ4n) is 1.50. The molecule has 0 spiro atoms. The molecule has 0 fully saturated rings. The first kappa shape index (κ1) is 12.2. The molecule has 1 aromatic carbocycles. The SMILES string of the molecule is Cc1ccc([C@@H](C)NC[C@@H](C)O)cc1C. The largest absolute Gasteiger partial charge is 0.392 e. The van der Waals surface area contributed by atoms with Crippen LogP contribution in [0.25, 0.3) is 0 Å². The molecule has 2 heteroatoms. The van der Waals surface area contributed by atoms with Gasteiger partial charge in [0.25, 0.3) is 0 Å². The average molecular weight is 207 g/mol. The molecule has 15 heavy (non-hydrogen) atoms. The third-order valence-electron chi connectivity index (χ3n) is 2.75. The molecule has 0 aliphatic carbocycles. The van der Waals surface area contributed by atoms with Crippen molar-refractivity contribution in [3.05, 3.63) is 34.9 Å². The highest BCUT2D eigenvalue weighted by atomic mass is 16.3. The first-order valence-corrected chi connectivity index (χ1v) is 5.49. The smallest absolute Gasteiger partial charge is 0.0636 e. The molecule has 1 aromatic rings. The Labute approximate surface area is 92.3 Å². The molecule has 1 rings (SSSR count). The van der Waals surface area contributed by atoms with Crippen molar-refractivity contribution in [3.8, 4) is 0 Å². The molecule has 84 valence electrons. The van der Waals surface area contributed by atoms with Crippen LogP contribution in [0, 0.1) is 13.8 Å². The van der Waals surface area contributed by atoms with Crippen molar-refractivity contribution in [2.75, 3.05) is 6.54 Å². The maximum Gasteiger partial charge on any atom is 0.0636 e. The minimum absolute atomic E-state index is 0.291. The first-order chi connectivity index (χ1) is 7.00. The molecular weight excluding hydrogens is 186 g/mol. The summed E-state index contributed by atoms with van der Waals surface area (Å²) in [6, 6.07) is 6.78. The van der Waals surface area contributed by atoms with E-state index in [-0.39, 0.29) is 6.10 Å². The highest BCUT2D eigenvalue weighted by Crippen LogP contribution is 2.16. The van der Waals surface area contributed by atoms with Gasteiger partial charge in [0.15, 0.2) is 0 Å². The van der Waals surface area contributed by atoms with Crippen molar-refractivity contribution >= 4 is 0 Å². The molecule has 0 radical (unpaired) electrons. The van der Waals surface area contributed by atoms with E-state index in [1.54, 1.807) is 6.92 Å². The molecule has 0 saturated carbocycles. The van der Waals surface area contributed by atoms with Gasteiger partial charge >= 0.3 is 0 Å². The fraction of sp³-hybridized carbons (Fsp3) is 0.538. The Kier molecular flexibility index (Phi) is 4.30. The van der Waals surface area contributed by atoms with Gasteiger partial charge in [0, 0.05) is 12.6 Å².